The fourth-order valence-corrected chi connectivity index (χ4v) is 4.18. The summed E-state index contributed by atoms with van der Waals surface area (Å²) in [6.45, 7) is 5.88. The van der Waals surface area contributed by atoms with Crippen LogP contribution in [0.2, 0.25) is 0 Å². The van der Waals surface area contributed by atoms with E-state index in [0.717, 1.165) is 22.0 Å². The standard InChI is InChI=1S/C16H16Br2N2/c1-9-3-11-7-19-16-12(4-10(2)6-14(16)18)8-20-15(11)13(17)5-9/h3-6,19-20H,7-8H2,1-2H3. The van der Waals surface area contributed by atoms with Gasteiger partial charge in [0, 0.05) is 22.0 Å². The van der Waals surface area contributed by atoms with Crippen LogP contribution in [0.25, 0.3) is 0 Å². The zero-order valence-corrected chi connectivity index (χ0v) is 14.7. The second kappa shape index (κ2) is 5.41. The molecule has 4 heteroatoms. The van der Waals surface area contributed by atoms with E-state index in [1.165, 1.54) is 33.6 Å². The van der Waals surface area contributed by atoms with E-state index in [1.54, 1.807) is 0 Å². The SMILES string of the molecule is Cc1cc(Br)c2c(c1)CNc1c(Br)cc(C)cc1CN2. The molecule has 20 heavy (non-hydrogen) atoms. The third kappa shape index (κ3) is 2.59. The molecule has 0 unspecified atom stereocenters. The molecule has 0 amide bonds. The van der Waals surface area contributed by atoms with E-state index in [1.807, 2.05) is 0 Å². The Labute approximate surface area is 136 Å². The summed E-state index contributed by atoms with van der Waals surface area (Å²) in [6.07, 6.45) is 0. The van der Waals surface area contributed by atoms with E-state index < -0.39 is 0 Å². The van der Waals surface area contributed by atoms with Crippen molar-refractivity contribution in [1.29, 1.82) is 0 Å². The van der Waals surface area contributed by atoms with Gasteiger partial charge in [0.25, 0.3) is 0 Å². The first-order chi connectivity index (χ1) is 9.54. The van der Waals surface area contributed by atoms with Crippen LogP contribution in [-0.4, -0.2) is 0 Å². The number of fused-ring (bicyclic) bond motifs is 2. The van der Waals surface area contributed by atoms with Crippen LogP contribution in [0.15, 0.2) is 33.2 Å². The van der Waals surface area contributed by atoms with Gasteiger partial charge in [0.15, 0.2) is 0 Å². The third-order valence-corrected chi connectivity index (χ3v) is 4.79. The Hall–Kier alpha value is -1.00. The van der Waals surface area contributed by atoms with Gasteiger partial charge in [-0.3, -0.25) is 0 Å². The molecule has 0 bridgehead atoms. The molecule has 104 valence electrons. The van der Waals surface area contributed by atoms with E-state index in [-0.39, 0.29) is 0 Å². The molecule has 1 aliphatic rings. The lowest BCUT2D eigenvalue weighted by Crippen LogP contribution is -2.14. The minimum absolute atomic E-state index is 0.817. The quantitative estimate of drug-likeness (QED) is 0.626. The summed E-state index contributed by atoms with van der Waals surface area (Å²) in [5.74, 6) is 0. The van der Waals surface area contributed by atoms with Crippen molar-refractivity contribution in [2.24, 2.45) is 0 Å². The molecule has 2 aromatic rings. The monoisotopic (exact) mass is 394 g/mol. The van der Waals surface area contributed by atoms with Crippen molar-refractivity contribution < 1.29 is 0 Å². The Morgan fingerprint density at radius 2 is 1.15 bits per heavy atom. The smallest absolute Gasteiger partial charge is 0.0538 e. The molecule has 0 aromatic heterocycles. The summed E-state index contributed by atoms with van der Waals surface area (Å²) in [5, 5.41) is 7.13. The summed E-state index contributed by atoms with van der Waals surface area (Å²) >= 11 is 7.32. The molecule has 0 saturated heterocycles. The van der Waals surface area contributed by atoms with Gasteiger partial charge in [-0.25, -0.2) is 0 Å². The maximum absolute atomic E-state index is 3.66. The minimum atomic E-state index is 0.817. The summed E-state index contributed by atoms with van der Waals surface area (Å²) in [5.41, 5.74) is 7.48. The molecule has 1 heterocycles. The molecule has 3 rings (SSSR count). The fourth-order valence-electron chi connectivity index (χ4n) is 2.67. The normalized spacial score (nSPS) is 13.4. The van der Waals surface area contributed by atoms with Crippen molar-refractivity contribution in [2.75, 3.05) is 10.6 Å². The number of rotatable bonds is 0. The van der Waals surface area contributed by atoms with Gasteiger partial charge in [0.2, 0.25) is 0 Å². The van der Waals surface area contributed by atoms with Gasteiger partial charge < -0.3 is 10.6 Å². The molecule has 2 nitrogen and oxygen atoms in total. The number of nitrogens with one attached hydrogen (secondary N) is 2. The Morgan fingerprint density at radius 1 is 0.750 bits per heavy atom. The second-order valence-corrected chi connectivity index (χ2v) is 6.98. The summed E-state index contributed by atoms with van der Waals surface area (Å²) in [7, 11) is 0. The van der Waals surface area contributed by atoms with Crippen LogP contribution in [0, 0.1) is 13.8 Å². The summed E-state index contributed by atoms with van der Waals surface area (Å²) < 4.78 is 2.26. The van der Waals surface area contributed by atoms with Crippen LogP contribution in [0.3, 0.4) is 0 Å². The first-order valence-electron chi connectivity index (χ1n) is 6.60. The number of aryl methyl sites for hydroxylation is 2. The molecule has 0 fully saturated rings. The molecule has 0 radical (unpaired) electrons. The molecule has 0 saturated carbocycles. The van der Waals surface area contributed by atoms with Gasteiger partial charge in [-0.2, -0.15) is 0 Å². The van der Waals surface area contributed by atoms with Crippen LogP contribution < -0.4 is 10.6 Å². The van der Waals surface area contributed by atoms with Crippen molar-refractivity contribution in [3.63, 3.8) is 0 Å². The van der Waals surface area contributed by atoms with Gasteiger partial charge in [0.05, 0.1) is 11.4 Å². The lowest BCUT2D eigenvalue weighted by Gasteiger charge is -2.23. The molecule has 2 N–H and O–H groups in total. The number of halogens is 2. The number of benzene rings is 2. The van der Waals surface area contributed by atoms with Gasteiger partial charge in [0.1, 0.15) is 0 Å². The largest absolute Gasteiger partial charge is 0.380 e. The molecular formula is C16H16Br2N2. The molecule has 2 aromatic carbocycles. The minimum Gasteiger partial charge on any atom is -0.380 e. The predicted octanol–water partition coefficient (Wildman–Crippen LogP) is 5.37. The highest BCUT2D eigenvalue weighted by Crippen LogP contribution is 2.35. The topological polar surface area (TPSA) is 24.1 Å². The molecular weight excluding hydrogens is 380 g/mol. The number of hydrogen-bond donors (Lipinski definition) is 2. The predicted molar refractivity (Wildman–Crippen MR) is 92.4 cm³/mol. The van der Waals surface area contributed by atoms with Crippen LogP contribution in [0.4, 0.5) is 11.4 Å². The summed E-state index contributed by atoms with van der Waals surface area (Å²) in [4.78, 5) is 0. The third-order valence-electron chi connectivity index (χ3n) is 3.54. The second-order valence-electron chi connectivity index (χ2n) is 5.27. The highest BCUT2D eigenvalue weighted by Gasteiger charge is 2.15. The number of anilines is 2. The van der Waals surface area contributed by atoms with Gasteiger partial charge in [-0.05, 0) is 80.1 Å². The van der Waals surface area contributed by atoms with Gasteiger partial charge in [-0.15, -0.1) is 0 Å². The Bertz CT molecular complexity index is 621. The Balaban J connectivity index is 2.04. The van der Waals surface area contributed by atoms with Crippen LogP contribution in [0.5, 0.6) is 0 Å². The van der Waals surface area contributed by atoms with Gasteiger partial charge in [-0.1, -0.05) is 12.1 Å². The molecule has 1 aliphatic heterocycles. The molecule has 0 spiro atoms. The number of hydrogen-bond acceptors (Lipinski definition) is 2. The van der Waals surface area contributed by atoms with Crippen molar-refractivity contribution >= 4 is 43.2 Å². The lowest BCUT2D eigenvalue weighted by atomic mass is 10.0. The van der Waals surface area contributed by atoms with Crippen LogP contribution in [0.1, 0.15) is 22.3 Å². The van der Waals surface area contributed by atoms with E-state index in [9.17, 15) is 0 Å². The average molecular weight is 396 g/mol. The van der Waals surface area contributed by atoms with Crippen molar-refractivity contribution in [3.05, 3.63) is 55.5 Å². The molecule has 0 atom stereocenters. The zero-order valence-electron chi connectivity index (χ0n) is 11.5. The lowest BCUT2D eigenvalue weighted by molar-refractivity contribution is 1.04. The van der Waals surface area contributed by atoms with E-state index in [2.05, 4.69) is 80.6 Å². The zero-order chi connectivity index (χ0) is 14.3. The van der Waals surface area contributed by atoms with Crippen molar-refractivity contribution in [2.45, 2.75) is 26.9 Å². The van der Waals surface area contributed by atoms with E-state index >= 15 is 0 Å². The highest BCUT2D eigenvalue weighted by atomic mass is 79.9. The Morgan fingerprint density at radius 3 is 1.55 bits per heavy atom. The van der Waals surface area contributed by atoms with Crippen LogP contribution >= 0.6 is 31.9 Å². The molecule has 0 aliphatic carbocycles. The highest BCUT2D eigenvalue weighted by molar-refractivity contribution is 9.11. The van der Waals surface area contributed by atoms with E-state index in [4.69, 9.17) is 0 Å². The first kappa shape index (κ1) is 14.0. The average Bonchev–Trinajstić information content (AvgIpc) is 2.33. The maximum atomic E-state index is 3.66. The van der Waals surface area contributed by atoms with Crippen molar-refractivity contribution in [3.8, 4) is 0 Å². The fraction of sp³-hybridized carbons (Fsp3) is 0.250. The Kier molecular flexibility index (Phi) is 3.78. The maximum Gasteiger partial charge on any atom is 0.0538 e. The first-order valence-corrected chi connectivity index (χ1v) is 8.19. The van der Waals surface area contributed by atoms with Gasteiger partial charge >= 0.3 is 0 Å². The van der Waals surface area contributed by atoms with Crippen molar-refractivity contribution in [1.82, 2.24) is 0 Å². The van der Waals surface area contributed by atoms with E-state index in [0.29, 0.717) is 0 Å². The summed E-state index contributed by atoms with van der Waals surface area (Å²) in [6, 6.07) is 8.77. The van der Waals surface area contributed by atoms with Crippen LogP contribution in [-0.2, 0) is 13.1 Å².